The average molecular weight is 525 g/mol. The van der Waals surface area contributed by atoms with E-state index >= 15 is 0 Å². The minimum atomic E-state index is -0.0452. The SMILES string of the molecule is CC[C@H]1c2c(c(OC)c(C)c(OC)c2OC)C=C2C3c4c(c(OC)c(C)c(OC)c4OC)C[C@@H](CN21)N3C. The number of hydrogen-bond donors (Lipinski definition) is 0. The molecule has 2 aromatic carbocycles. The Kier molecular flexibility index (Phi) is 6.80. The van der Waals surface area contributed by atoms with Crippen molar-refractivity contribution in [1.82, 2.24) is 9.80 Å². The van der Waals surface area contributed by atoms with Crippen molar-refractivity contribution in [2.75, 3.05) is 56.3 Å². The van der Waals surface area contributed by atoms with Gasteiger partial charge in [-0.1, -0.05) is 6.92 Å². The van der Waals surface area contributed by atoms with Gasteiger partial charge in [0.15, 0.2) is 23.0 Å². The van der Waals surface area contributed by atoms with Gasteiger partial charge >= 0.3 is 0 Å². The summed E-state index contributed by atoms with van der Waals surface area (Å²) < 4.78 is 35.8. The number of hydrogen-bond acceptors (Lipinski definition) is 8. The molecule has 1 fully saturated rings. The highest BCUT2D eigenvalue weighted by Gasteiger charge is 2.49. The smallest absolute Gasteiger partial charge is 0.167 e. The van der Waals surface area contributed by atoms with Crippen LogP contribution in [0.5, 0.6) is 34.5 Å². The van der Waals surface area contributed by atoms with Crippen LogP contribution < -0.4 is 28.4 Å². The number of ether oxygens (including phenoxy) is 6. The van der Waals surface area contributed by atoms with E-state index in [-0.39, 0.29) is 12.1 Å². The maximum Gasteiger partial charge on any atom is 0.167 e. The van der Waals surface area contributed by atoms with Crippen LogP contribution in [0.25, 0.3) is 6.08 Å². The summed E-state index contributed by atoms with van der Waals surface area (Å²) in [6.45, 7) is 7.17. The molecule has 5 rings (SSSR count). The molecule has 3 heterocycles. The Hall–Kier alpha value is -3.26. The molecule has 1 unspecified atom stereocenters. The Morgan fingerprint density at radius 2 is 1.26 bits per heavy atom. The van der Waals surface area contributed by atoms with E-state index in [4.69, 9.17) is 28.4 Å². The van der Waals surface area contributed by atoms with Crippen LogP contribution in [-0.2, 0) is 6.42 Å². The van der Waals surface area contributed by atoms with Gasteiger partial charge in [-0.05, 0) is 39.8 Å². The predicted molar refractivity (Wildman–Crippen MR) is 147 cm³/mol. The fraction of sp³-hybridized carbons (Fsp3) is 0.533. The van der Waals surface area contributed by atoms with Gasteiger partial charge in [-0.3, -0.25) is 4.90 Å². The number of likely N-dealkylation sites (N-methyl/N-ethyl adjacent to an activating group) is 1. The number of nitrogens with zero attached hydrogens (tertiary/aromatic N) is 2. The standard InChI is InChI=1S/C30H40N2O6/c1-11-20-22-19(26(34-6)16(3)27(35-7)29(22)37-9)13-21-24-23-18(12-17(31(24)4)14-32(20)21)25(33-5)15(2)28(36-8)30(23)38-10/h13,17,20,24H,11-12,14H2,1-10H3/t17-,20-,24?/m0/s1. The summed E-state index contributed by atoms with van der Waals surface area (Å²) >= 11 is 0. The van der Waals surface area contributed by atoms with E-state index in [0.717, 1.165) is 81.7 Å². The highest BCUT2D eigenvalue weighted by atomic mass is 16.5. The molecule has 0 aromatic heterocycles. The summed E-state index contributed by atoms with van der Waals surface area (Å²) in [7, 11) is 12.5. The molecule has 8 heteroatoms. The Balaban J connectivity index is 1.86. The van der Waals surface area contributed by atoms with E-state index in [2.05, 4.69) is 29.8 Å². The molecule has 0 amide bonds. The average Bonchev–Trinajstić information content (AvgIpc) is 2.91. The first-order valence-corrected chi connectivity index (χ1v) is 13.2. The third-order valence-corrected chi connectivity index (χ3v) is 8.73. The molecule has 3 atom stereocenters. The number of methoxy groups -OCH3 is 6. The first-order valence-electron chi connectivity index (χ1n) is 13.2. The van der Waals surface area contributed by atoms with Crippen LogP contribution in [-0.4, -0.2) is 72.1 Å². The van der Waals surface area contributed by atoms with Gasteiger partial charge in [-0.25, -0.2) is 0 Å². The summed E-state index contributed by atoms with van der Waals surface area (Å²) in [6.07, 6.45) is 4.04. The van der Waals surface area contributed by atoms with Crippen LogP contribution in [0.4, 0.5) is 0 Å². The second-order valence-electron chi connectivity index (χ2n) is 10.2. The molecular weight excluding hydrogens is 484 g/mol. The van der Waals surface area contributed by atoms with Crippen molar-refractivity contribution in [3.8, 4) is 34.5 Å². The topological polar surface area (TPSA) is 61.9 Å². The molecule has 0 aliphatic carbocycles. The second-order valence-corrected chi connectivity index (χ2v) is 10.2. The summed E-state index contributed by atoms with van der Waals surface area (Å²) in [5.74, 6) is 4.70. The van der Waals surface area contributed by atoms with Crippen molar-refractivity contribution in [2.45, 2.75) is 51.7 Å². The Morgan fingerprint density at radius 3 is 1.79 bits per heavy atom. The zero-order valence-corrected chi connectivity index (χ0v) is 24.3. The third kappa shape index (κ3) is 3.38. The van der Waals surface area contributed by atoms with Gasteiger partial charge in [0.1, 0.15) is 11.5 Å². The molecule has 0 radical (unpaired) electrons. The number of rotatable bonds is 7. The van der Waals surface area contributed by atoms with Crippen molar-refractivity contribution in [2.24, 2.45) is 0 Å². The van der Waals surface area contributed by atoms with Crippen LogP contribution in [0.2, 0.25) is 0 Å². The molecule has 0 spiro atoms. The quantitative estimate of drug-likeness (QED) is 0.497. The molecule has 2 aromatic rings. The molecule has 8 nitrogen and oxygen atoms in total. The number of benzene rings is 2. The Morgan fingerprint density at radius 1 is 0.737 bits per heavy atom. The fourth-order valence-corrected chi connectivity index (χ4v) is 7.16. The molecule has 3 aliphatic heterocycles. The Labute approximate surface area is 226 Å². The van der Waals surface area contributed by atoms with E-state index in [1.807, 2.05) is 13.8 Å². The van der Waals surface area contributed by atoms with Gasteiger partial charge in [0.25, 0.3) is 0 Å². The van der Waals surface area contributed by atoms with Gasteiger partial charge in [-0.15, -0.1) is 0 Å². The largest absolute Gasteiger partial charge is 0.496 e. The van der Waals surface area contributed by atoms with Crippen molar-refractivity contribution >= 4 is 6.08 Å². The highest BCUT2D eigenvalue weighted by Crippen LogP contribution is 2.59. The van der Waals surface area contributed by atoms with Gasteiger partial charge in [0, 0.05) is 51.7 Å². The third-order valence-electron chi connectivity index (χ3n) is 8.73. The van der Waals surface area contributed by atoms with E-state index in [1.54, 1.807) is 42.7 Å². The van der Waals surface area contributed by atoms with Gasteiger partial charge in [-0.2, -0.15) is 0 Å². The van der Waals surface area contributed by atoms with Gasteiger partial charge in [0.05, 0.1) is 54.7 Å². The molecule has 2 bridgehead atoms. The van der Waals surface area contributed by atoms with Crippen molar-refractivity contribution in [3.63, 3.8) is 0 Å². The van der Waals surface area contributed by atoms with E-state index < -0.39 is 0 Å². The molecule has 38 heavy (non-hydrogen) atoms. The molecule has 0 saturated carbocycles. The first-order chi connectivity index (χ1) is 18.3. The van der Waals surface area contributed by atoms with Gasteiger partial charge < -0.3 is 33.3 Å². The highest BCUT2D eigenvalue weighted by molar-refractivity contribution is 5.77. The van der Waals surface area contributed by atoms with E-state index in [9.17, 15) is 0 Å². The van der Waals surface area contributed by atoms with E-state index in [0.29, 0.717) is 6.04 Å². The first kappa shape index (κ1) is 26.4. The van der Waals surface area contributed by atoms with Crippen LogP contribution >= 0.6 is 0 Å². The normalized spacial score (nSPS) is 21.6. The number of fused-ring (bicyclic) bond motifs is 7. The fourth-order valence-electron chi connectivity index (χ4n) is 7.16. The molecule has 3 aliphatic rings. The lowest BCUT2D eigenvalue weighted by molar-refractivity contribution is 0.0458. The Bertz CT molecular complexity index is 1300. The van der Waals surface area contributed by atoms with Crippen LogP contribution in [0.3, 0.4) is 0 Å². The van der Waals surface area contributed by atoms with E-state index in [1.165, 1.54) is 11.3 Å². The minimum Gasteiger partial charge on any atom is -0.496 e. The van der Waals surface area contributed by atoms with Crippen LogP contribution in [0, 0.1) is 13.8 Å². The van der Waals surface area contributed by atoms with Crippen molar-refractivity contribution in [1.29, 1.82) is 0 Å². The lowest BCUT2D eigenvalue weighted by Crippen LogP contribution is -2.56. The molecule has 1 saturated heterocycles. The minimum absolute atomic E-state index is 0.0452. The summed E-state index contributed by atoms with van der Waals surface area (Å²) in [6, 6.07) is 0.354. The summed E-state index contributed by atoms with van der Waals surface area (Å²) in [4.78, 5) is 5.02. The summed E-state index contributed by atoms with van der Waals surface area (Å²) in [5.41, 5.74) is 7.57. The molecular formula is C30H40N2O6. The second kappa shape index (κ2) is 9.80. The van der Waals surface area contributed by atoms with Crippen LogP contribution in [0.1, 0.15) is 58.8 Å². The van der Waals surface area contributed by atoms with Crippen molar-refractivity contribution < 1.29 is 28.4 Å². The van der Waals surface area contributed by atoms with Crippen molar-refractivity contribution in [3.05, 3.63) is 39.1 Å². The lowest BCUT2D eigenvalue weighted by Gasteiger charge is -2.55. The van der Waals surface area contributed by atoms with Gasteiger partial charge in [0.2, 0.25) is 0 Å². The maximum absolute atomic E-state index is 6.07. The predicted octanol–water partition coefficient (Wildman–Crippen LogP) is 5.07. The molecule has 206 valence electrons. The monoisotopic (exact) mass is 524 g/mol. The lowest BCUT2D eigenvalue weighted by atomic mass is 9.77. The zero-order valence-electron chi connectivity index (χ0n) is 24.3. The zero-order chi connectivity index (χ0) is 27.5. The summed E-state index contributed by atoms with van der Waals surface area (Å²) in [5, 5.41) is 0. The molecule has 0 N–H and O–H groups in total. The van der Waals surface area contributed by atoms with Crippen LogP contribution in [0.15, 0.2) is 5.70 Å². The maximum atomic E-state index is 6.07. The number of piperazine rings is 1.